The van der Waals surface area contributed by atoms with Crippen molar-refractivity contribution >= 4 is 68.3 Å². The number of nitrogens with one attached hydrogen (secondary N) is 2. The second-order valence-electron chi connectivity index (χ2n) is 8.13. The first-order valence-electron chi connectivity index (χ1n) is 11.3. The summed E-state index contributed by atoms with van der Waals surface area (Å²) in [6.45, 7) is 11.2. The third kappa shape index (κ3) is 5.03. The van der Waals surface area contributed by atoms with Crippen LogP contribution in [-0.2, 0) is 16.1 Å². The fourth-order valence-electron chi connectivity index (χ4n) is 4.07. The van der Waals surface area contributed by atoms with E-state index in [0.717, 1.165) is 50.8 Å². The first-order chi connectivity index (χ1) is 16.3. The SMILES string of the molecule is CCN1/C(=C\C(C)=C\c2sc3cc(NC(C)=O)ccc3[n+]2CC)Sc2cc(NC(C)=O)ccc21. The van der Waals surface area contributed by atoms with Gasteiger partial charge in [0.1, 0.15) is 11.2 Å². The molecule has 0 spiro atoms. The van der Waals surface area contributed by atoms with Crippen LogP contribution in [0.25, 0.3) is 16.3 Å². The average molecular weight is 494 g/mol. The van der Waals surface area contributed by atoms with Crippen molar-refractivity contribution in [1.82, 2.24) is 0 Å². The second kappa shape index (κ2) is 10.0. The fraction of sp³-hybridized carbons (Fsp3) is 0.269. The maximum Gasteiger partial charge on any atom is 0.262 e. The van der Waals surface area contributed by atoms with Gasteiger partial charge in [0.05, 0.1) is 10.7 Å². The number of amides is 2. The molecule has 2 amide bonds. The summed E-state index contributed by atoms with van der Waals surface area (Å²) in [6, 6.07) is 12.1. The number of nitrogens with zero attached hydrogens (tertiary/aromatic N) is 2. The molecule has 1 aliphatic rings. The molecule has 0 saturated carbocycles. The van der Waals surface area contributed by atoms with E-state index in [2.05, 4.69) is 65.2 Å². The van der Waals surface area contributed by atoms with Gasteiger partial charge in [-0.3, -0.25) is 9.59 Å². The van der Waals surface area contributed by atoms with Gasteiger partial charge in [0.25, 0.3) is 5.01 Å². The van der Waals surface area contributed by atoms with Gasteiger partial charge in [-0.05, 0) is 62.8 Å². The molecule has 176 valence electrons. The third-order valence-corrected chi connectivity index (χ3v) is 7.63. The summed E-state index contributed by atoms with van der Waals surface area (Å²) in [6.07, 6.45) is 4.44. The Balaban J connectivity index is 1.65. The molecule has 8 heteroatoms. The highest BCUT2D eigenvalue weighted by atomic mass is 32.2. The molecule has 0 bridgehead atoms. The topological polar surface area (TPSA) is 65.3 Å². The molecule has 0 fully saturated rings. The highest BCUT2D eigenvalue weighted by Gasteiger charge is 2.25. The minimum absolute atomic E-state index is 0.0680. The fourth-order valence-corrected chi connectivity index (χ4v) is 6.62. The number of fused-ring (bicyclic) bond motifs is 2. The summed E-state index contributed by atoms with van der Waals surface area (Å²) >= 11 is 3.45. The van der Waals surface area contributed by atoms with Crippen molar-refractivity contribution in [1.29, 1.82) is 0 Å². The van der Waals surface area contributed by atoms with Gasteiger partial charge in [0, 0.05) is 48.8 Å². The normalized spacial score (nSPS) is 14.6. The highest BCUT2D eigenvalue weighted by molar-refractivity contribution is 8.03. The van der Waals surface area contributed by atoms with Crippen LogP contribution in [-0.4, -0.2) is 18.4 Å². The van der Waals surface area contributed by atoms with E-state index in [1.54, 1.807) is 23.1 Å². The lowest BCUT2D eigenvalue weighted by atomic mass is 10.2. The molecular weight excluding hydrogens is 464 g/mol. The number of carbonyl (C=O) groups excluding carboxylic acids is 2. The summed E-state index contributed by atoms with van der Waals surface area (Å²) in [5.74, 6) is -0.136. The highest BCUT2D eigenvalue weighted by Crippen LogP contribution is 2.47. The van der Waals surface area contributed by atoms with Crippen LogP contribution in [0, 0.1) is 0 Å². The Kier molecular flexibility index (Phi) is 7.09. The van der Waals surface area contributed by atoms with E-state index in [4.69, 9.17) is 0 Å². The molecule has 4 rings (SSSR count). The Bertz CT molecular complexity index is 1340. The number of carbonyl (C=O) groups is 2. The number of hydrogen-bond acceptors (Lipinski definition) is 5. The predicted octanol–water partition coefficient (Wildman–Crippen LogP) is 6.00. The second-order valence-corrected chi connectivity index (χ2v) is 10.3. The number of allylic oxidation sites excluding steroid dienone is 2. The number of benzene rings is 2. The van der Waals surface area contributed by atoms with E-state index in [-0.39, 0.29) is 11.8 Å². The van der Waals surface area contributed by atoms with E-state index in [9.17, 15) is 9.59 Å². The summed E-state index contributed by atoms with van der Waals surface area (Å²) in [4.78, 5) is 26.3. The van der Waals surface area contributed by atoms with Crippen LogP contribution in [0.2, 0.25) is 0 Å². The molecule has 3 aromatic rings. The van der Waals surface area contributed by atoms with Gasteiger partial charge in [-0.15, -0.1) is 0 Å². The van der Waals surface area contributed by atoms with E-state index in [1.165, 1.54) is 23.9 Å². The third-order valence-electron chi connectivity index (χ3n) is 5.44. The Morgan fingerprint density at radius 3 is 2.32 bits per heavy atom. The lowest BCUT2D eigenvalue weighted by Crippen LogP contribution is -2.33. The molecule has 0 radical (unpaired) electrons. The van der Waals surface area contributed by atoms with Crippen LogP contribution in [0.4, 0.5) is 17.1 Å². The molecule has 1 aliphatic heterocycles. The Labute approximate surface area is 208 Å². The zero-order valence-corrected chi connectivity index (χ0v) is 21.7. The first-order valence-corrected chi connectivity index (χ1v) is 12.9. The van der Waals surface area contributed by atoms with Crippen LogP contribution >= 0.6 is 23.1 Å². The molecule has 34 heavy (non-hydrogen) atoms. The van der Waals surface area contributed by atoms with Crippen LogP contribution in [0.3, 0.4) is 0 Å². The number of aryl methyl sites for hydroxylation is 1. The summed E-state index contributed by atoms with van der Waals surface area (Å²) in [5, 5.41) is 8.08. The molecule has 1 aromatic heterocycles. The van der Waals surface area contributed by atoms with E-state index in [1.807, 2.05) is 24.3 Å². The Hall–Kier alpha value is -3.10. The van der Waals surface area contributed by atoms with Crippen LogP contribution < -0.4 is 20.1 Å². The van der Waals surface area contributed by atoms with Crippen LogP contribution in [0.5, 0.6) is 0 Å². The number of rotatable bonds is 6. The minimum Gasteiger partial charge on any atom is -0.335 e. The zero-order valence-electron chi connectivity index (χ0n) is 20.1. The van der Waals surface area contributed by atoms with E-state index in [0.29, 0.717) is 0 Å². The van der Waals surface area contributed by atoms with Crippen molar-refractivity contribution < 1.29 is 14.2 Å². The van der Waals surface area contributed by atoms with Gasteiger partial charge in [-0.2, -0.15) is 4.57 Å². The number of thioether (sulfide) groups is 1. The molecule has 2 heterocycles. The molecule has 0 atom stereocenters. The van der Waals surface area contributed by atoms with Gasteiger partial charge < -0.3 is 15.5 Å². The molecule has 0 unspecified atom stereocenters. The predicted molar refractivity (Wildman–Crippen MR) is 143 cm³/mol. The minimum atomic E-state index is -0.0680. The van der Waals surface area contributed by atoms with Crippen molar-refractivity contribution in [3.63, 3.8) is 0 Å². The van der Waals surface area contributed by atoms with Crippen molar-refractivity contribution in [3.8, 4) is 0 Å². The molecule has 2 N–H and O–H groups in total. The molecule has 0 saturated heterocycles. The van der Waals surface area contributed by atoms with Gasteiger partial charge >= 0.3 is 0 Å². The van der Waals surface area contributed by atoms with Gasteiger partial charge in [0.15, 0.2) is 0 Å². The first kappa shape index (κ1) is 24.0. The largest absolute Gasteiger partial charge is 0.335 e. The lowest BCUT2D eigenvalue weighted by molar-refractivity contribution is -0.665. The van der Waals surface area contributed by atoms with Crippen molar-refractivity contribution in [2.24, 2.45) is 0 Å². The number of anilines is 3. The molecule has 2 aromatic carbocycles. The summed E-state index contributed by atoms with van der Waals surface area (Å²) in [7, 11) is 0. The number of aromatic nitrogens is 1. The van der Waals surface area contributed by atoms with Crippen molar-refractivity contribution in [2.45, 2.75) is 46.1 Å². The number of thiazole rings is 1. The summed E-state index contributed by atoms with van der Waals surface area (Å²) in [5.41, 5.74) is 5.12. The maximum absolute atomic E-state index is 11.4. The number of hydrogen-bond donors (Lipinski definition) is 2. The monoisotopic (exact) mass is 493 g/mol. The van der Waals surface area contributed by atoms with Crippen molar-refractivity contribution in [3.05, 3.63) is 58.1 Å². The Morgan fingerprint density at radius 2 is 1.68 bits per heavy atom. The van der Waals surface area contributed by atoms with Gasteiger partial charge in [-0.1, -0.05) is 23.1 Å². The Morgan fingerprint density at radius 1 is 1.00 bits per heavy atom. The molecule has 6 nitrogen and oxygen atoms in total. The molecule has 0 aliphatic carbocycles. The van der Waals surface area contributed by atoms with E-state index >= 15 is 0 Å². The zero-order chi connectivity index (χ0) is 24.4. The smallest absolute Gasteiger partial charge is 0.262 e. The maximum atomic E-state index is 11.4. The molecular formula is C26H29N4O2S2+. The van der Waals surface area contributed by atoms with Crippen molar-refractivity contribution in [2.75, 3.05) is 22.1 Å². The van der Waals surface area contributed by atoms with Gasteiger partial charge in [-0.25, -0.2) is 0 Å². The summed E-state index contributed by atoms with van der Waals surface area (Å²) < 4.78 is 3.44. The average Bonchev–Trinajstić information content (AvgIpc) is 3.28. The van der Waals surface area contributed by atoms with Gasteiger partial charge in [0.2, 0.25) is 17.3 Å². The lowest BCUT2D eigenvalue weighted by Gasteiger charge is -2.18. The van der Waals surface area contributed by atoms with Crippen LogP contribution in [0.15, 0.2) is 58.0 Å². The van der Waals surface area contributed by atoms with Crippen LogP contribution in [0.1, 0.15) is 39.6 Å². The standard InChI is InChI=1S/C26H28N4O2S2/c1-6-29-21-10-8-19(27-17(4)31)14-23(21)33-25(29)12-16(3)13-26-30(7-2)22-11-9-20(28-18(5)32)15-24(22)34-26/h8-15H,6-7H2,1-5H3,(H-,27,28,31,32)/p+1. The quantitative estimate of drug-likeness (QED) is 0.413. The van der Waals surface area contributed by atoms with E-state index < -0.39 is 0 Å².